The van der Waals surface area contributed by atoms with Crippen LogP contribution in [0.3, 0.4) is 0 Å². The van der Waals surface area contributed by atoms with Crippen LogP contribution in [-0.4, -0.2) is 42.0 Å². The van der Waals surface area contributed by atoms with Gasteiger partial charge in [0.25, 0.3) is 0 Å². The molecule has 0 unspecified atom stereocenters. The minimum atomic E-state index is -4.44. The second kappa shape index (κ2) is 7.98. The molecule has 9 heteroatoms. The first-order chi connectivity index (χ1) is 14.8. The summed E-state index contributed by atoms with van der Waals surface area (Å²) in [7, 11) is 1.32. The maximum Gasteiger partial charge on any atom is 0.416 e. The Labute approximate surface area is 176 Å². The summed E-state index contributed by atoms with van der Waals surface area (Å²) < 4.78 is 43.4. The van der Waals surface area contributed by atoms with Gasteiger partial charge in [-0.25, -0.2) is 4.79 Å². The molecule has 0 radical (unpaired) electrons. The van der Waals surface area contributed by atoms with Crippen molar-refractivity contribution < 1.29 is 27.5 Å². The highest BCUT2D eigenvalue weighted by atomic mass is 19.4. The molecule has 0 saturated heterocycles. The van der Waals surface area contributed by atoms with Crippen LogP contribution in [0.5, 0.6) is 0 Å². The van der Waals surface area contributed by atoms with Crippen LogP contribution in [0.25, 0.3) is 10.9 Å². The average Bonchev–Trinajstić information content (AvgIpc) is 3.13. The third-order valence-corrected chi connectivity index (χ3v) is 5.38. The summed E-state index contributed by atoms with van der Waals surface area (Å²) in [4.78, 5) is 29.5. The monoisotopic (exact) mass is 431 g/mol. The van der Waals surface area contributed by atoms with E-state index in [2.05, 4.69) is 10.3 Å². The van der Waals surface area contributed by atoms with Crippen LogP contribution < -0.4 is 5.32 Å². The summed E-state index contributed by atoms with van der Waals surface area (Å²) in [5.74, 6) is -0.660. The van der Waals surface area contributed by atoms with E-state index in [1.54, 1.807) is 23.1 Å². The SMILES string of the molecule is COC(=O)c1ccc2[nH]c3c(c2c1)CN(C(=O)CNc1cccc(C(F)(F)F)c1)CC3. The molecular weight excluding hydrogens is 411 g/mol. The van der Waals surface area contributed by atoms with E-state index >= 15 is 0 Å². The number of H-pyrrole nitrogens is 1. The van der Waals surface area contributed by atoms with E-state index in [-0.39, 0.29) is 18.1 Å². The number of carbonyl (C=O) groups excluding carboxylic acids is 2. The van der Waals surface area contributed by atoms with Gasteiger partial charge < -0.3 is 19.9 Å². The average molecular weight is 431 g/mol. The molecule has 0 aliphatic carbocycles. The van der Waals surface area contributed by atoms with Gasteiger partial charge in [0.15, 0.2) is 0 Å². The fourth-order valence-electron chi connectivity index (χ4n) is 3.77. The van der Waals surface area contributed by atoms with Crippen molar-refractivity contribution in [1.82, 2.24) is 9.88 Å². The highest BCUT2D eigenvalue weighted by Crippen LogP contribution is 2.31. The molecule has 0 bridgehead atoms. The van der Waals surface area contributed by atoms with Crippen molar-refractivity contribution >= 4 is 28.5 Å². The molecule has 0 atom stereocenters. The van der Waals surface area contributed by atoms with E-state index in [0.29, 0.717) is 25.1 Å². The number of hydrogen-bond donors (Lipinski definition) is 2. The number of benzene rings is 2. The van der Waals surface area contributed by atoms with Gasteiger partial charge in [-0.3, -0.25) is 4.79 Å². The summed E-state index contributed by atoms with van der Waals surface area (Å²) in [5, 5.41) is 3.63. The number of methoxy groups -OCH3 is 1. The number of nitrogens with one attached hydrogen (secondary N) is 2. The van der Waals surface area contributed by atoms with Gasteiger partial charge in [0.1, 0.15) is 0 Å². The minimum Gasteiger partial charge on any atom is -0.465 e. The number of anilines is 1. The van der Waals surface area contributed by atoms with Crippen molar-refractivity contribution in [3.05, 3.63) is 64.8 Å². The standard InChI is InChI=1S/C22H20F3N3O3/c1-31-21(30)13-5-6-18-16(9-13)17-12-28(8-7-19(17)27-18)20(29)11-26-15-4-2-3-14(10-15)22(23,24)25/h2-6,9-10,26-27H,7-8,11-12H2,1H3. The molecule has 162 valence electrons. The van der Waals surface area contributed by atoms with Gasteiger partial charge in [-0.05, 0) is 36.4 Å². The molecule has 2 N–H and O–H groups in total. The predicted octanol–water partition coefficient (Wildman–Crippen LogP) is 3.97. The van der Waals surface area contributed by atoms with Crippen LogP contribution in [0.15, 0.2) is 42.5 Å². The molecule has 1 aliphatic rings. The number of ether oxygens (including phenoxy) is 1. The van der Waals surface area contributed by atoms with Crippen LogP contribution in [0.2, 0.25) is 0 Å². The van der Waals surface area contributed by atoms with E-state index in [0.717, 1.165) is 34.3 Å². The lowest BCUT2D eigenvalue weighted by atomic mass is 10.0. The zero-order chi connectivity index (χ0) is 22.2. The highest BCUT2D eigenvalue weighted by molar-refractivity contribution is 5.96. The van der Waals surface area contributed by atoms with Gasteiger partial charge in [-0.2, -0.15) is 13.2 Å². The lowest BCUT2D eigenvalue weighted by Crippen LogP contribution is -2.39. The summed E-state index contributed by atoms with van der Waals surface area (Å²) >= 11 is 0. The van der Waals surface area contributed by atoms with Crippen molar-refractivity contribution in [2.45, 2.75) is 19.1 Å². The fourth-order valence-corrected chi connectivity index (χ4v) is 3.77. The number of halogens is 3. The van der Waals surface area contributed by atoms with Gasteiger partial charge in [0.05, 0.1) is 24.8 Å². The summed E-state index contributed by atoms with van der Waals surface area (Å²) in [6, 6.07) is 9.98. The van der Waals surface area contributed by atoms with E-state index in [4.69, 9.17) is 4.74 Å². The van der Waals surface area contributed by atoms with E-state index in [1.807, 2.05) is 0 Å². The smallest absolute Gasteiger partial charge is 0.416 e. The first-order valence-corrected chi connectivity index (χ1v) is 9.67. The molecule has 0 spiro atoms. The maximum atomic E-state index is 12.9. The molecule has 0 saturated carbocycles. The second-order valence-corrected chi connectivity index (χ2v) is 7.33. The first kappa shape index (κ1) is 20.8. The Morgan fingerprint density at radius 1 is 1.19 bits per heavy atom. The molecule has 6 nitrogen and oxygen atoms in total. The van der Waals surface area contributed by atoms with Gasteiger partial charge in [0, 0.05) is 47.4 Å². The van der Waals surface area contributed by atoms with Gasteiger partial charge in [-0.15, -0.1) is 0 Å². The molecule has 1 aliphatic heterocycles. The lowest BCUT2D eigenvalue weighted by molar-refractivity contribution is -0.137. The van der Waals surface area contributed by atoms with Crippen molar-refractivity contribution in [2.24, 2.45) is 0 Å². The van der Waals surface area contributed by atoms with Gasteiger partial charge in [-0.1, -0.05) is 6.07 Å². The van der Waals surface area contributed by atoms with Gasteiger partial charge >= 0.3 is 12.1 Å². The Kier molecular flexibility index (Phi) is 5.34. The largest absolute Gasteiger partial charge is 0.465 e. The summed E-state index contributed by atoms with van der Waals surface area (Å²) in [5.41, 5.74) is 2.69. The number of amides is 1. The van der Waals surface area contributed by atoms with Crippen LogP contribution in [0.1, 0.15) is 27.2 Å². The number of nitrogens with zero attached hydrogens (tertiary/aromatic N) is 1. The highest BCUT2D eigenvalue weighted by Gasteiger charge is 2.30. The quantitative estimate of drug-likeness (QED) is 0.613. The number of carbonyl (C=O) groups is 2. The number of aromatic nitrogens is 1. The normalized spacial score (nSPS) is 13.7. The Balaban J connectivity index is 1.48. The summed E-state index contributed by atoms with van der Waals surface area (Å²) in [6.45, 7) is 0.724. The van der Waals surface area contributed by atoms with Crippen molar-refractivity contribution in [1.29, 1.82) is 0 Å². The molecule has 2 aromatic carbocycles. The third-order valence-electron chi connectivity index (χ3n) is 5.38. The van der Waals surface area contributed by atoms with Gasteiger partial charge in [0.2, 0.25) is 5.91 Å². The number of esters is 1. The number of hydrogen-bond acceptors (Lipinski definition) is 4. The van der Waals surface area contributed by atoms with E-state index < -0.39 is 17.7 Å². The molecule has 4 rings (SSSR count). The maximum absolute atomic E-state index is 12.9. The summed E-state index contributed by atoms with van der Waals surface area (Å²) in [6.07, 6.45) is -3.82. The number of rotatable bonds is 4. The van der Waals surface area contributed by atoms with Crippen LogP contribution in [0, 0.1) is 0 Å². The Hall–Kier alpha value is -3.49. The minimum absolute atomic E-state index is 0.119. The molecule has 1 aromatic heterocycles. The Morgan fingerprint density at radius 2 is 2.00 bits per heavy atom. The fraction of sp³-hybridized carbons (Fsp3) is 0.273. The number of aromatic amines is 1. The van der Waals surface area contributed by atoms with E-state index in [9.17, 15) is 22.8 Å². The zero-order valence-corrected chi connectivity index (χ0v) is 16.7. The zero-order valence-electron chi connectivity index (χ0n) is 16.7. The van der Waals surface area contributed by atoms with E-state index in [1.165, 1.54) is 19.2 Å². The lowest BCUT2D eigenvalue weighted by Gasteiger charge is -2.27. The molecule has 2 heterocycles. The molecule has 3 aromatic rings. The van der Waals surface area contributed by atoms with Crippen molar-refractivity contribution in [2.75, 3.05) is 25.5 Å². The van der Waals surface area contributed by atoms with Crippen LogP contribution in [-0.2, 0) is 28.7 Å². The Bertz CT molecular complexity index is 1150. The second-order valence-electron chi connectivity index (χ2n) is 7.33. The van der Waals surface area contributed by atoms with Crippen LogP contribution >= 0.6 is 0 Å². The predicted molar refractivity (Wildman–Crippen MR) is 109 cm³/mol. The molecule has 1 amide bonds. The van der Waals surface area contributed by atoms with Crippen LogP contribution in [0.4, 0.5) is 18.9 Å². The third kappa shape index (κ3) is 4.21. The first-order valence-electron chi connectivity index (χ1n) is 9.67. The molecule has 31 heavy (non-hydrogen) atoms. The Morgan fingerprint density at radius 3 is 2.74 bits per heavy atom. The van der Waals surface area contributed by atoms with Crippen molar-refractivity contribution in [3.63, 3.8) is 0 Å². The topological polar surface area (TPSA) is 74.4 Å². The molecule has 0 fully saturated rings. The number of alkyl halides is 3. The molecular formula is C22H20F3N3O3. The van der Waals surface area contributed by atoms with Crippen molar-refractivity contribution in [3.8, 4) is 0 Å². The number of fused-ring (bicyclic) bond motifs is 3.